The van der Waals surface area contributed by atoms with Gasteiger partial charge in [-0.3, -0.25) is 4.79 Å². The van der Waals surface area contributed by atoms with Crippen LogP contribution in [0.1, 0.15) is 0 Å². The quantitative estimate of drug-likeness (QED) is 0.791. The minimum absolute atomic E-state index is 0.0726. The summed E-state index contributed by atoms with van der Waals surface area (Å²) in [5.41, 5.74) is 4.93. The number of carbonyl (C=O) groups excluding carboxylic acids is 1. The molecule has 0 heterocycles. The lowest BCUT2D eigenvalue weighted by Gasteiger charge is -1.99. The minimum atomic E-state index is -0.490. The Morgan fingerprint density at radius 2 is 2.31 bits per heavy atom. The molecule has 2 N–H and O–H groups in total. The number of halogens is 2. The molecule has 70 valence electrons. The highest BCUT2D eigenvalue weighted by atomic mass is 35.5. The summed E-state index contributed by atoms with van der Waals surface area (Å²) < 4.78 is 12.8. The third kappa shape index (κ3) is 3.24. The smallest absolute Gasteiger partial charge is 0.227 e. The van der Waals surface area contributed by atoms with Crippen LogP contribution in [0.15, 0.2) is 23.1 Å². The molecule has 13 heavy (non-hydrogen) atoms. The van der Waals surface area contributed by atoms with Crippen LogP contribution in [0, 0.1) is 5.82 Å². The Morgan fingerprint density at radius 1 is 1.62 bits per heavy atom. The van der Waals surface area contributed by atoms with Gasteiger partial charge in [-0.15, -0.1) is 11.8 Å². The standard InChI is InChI=1S/C8H7ClFNOS/c9-6-2-1-5(3-7(6)10)13-4-8(11)12/h1-3H,4H2,(H2,11,12). The molecule has 1 aromatic rings. The summed E-state index contributed by atoms with van der Waals surface area (Å²) in [6, 6.07) is 4.36. The molecule has 0 saturated carbocycles. The van der Waals surface area contributed by atoms with E-state index in [0.29, 0.717) is 4.90 Å². The van der Waals surface area contributed by atoms with Crippen molar-refractivity contribution in [1.82, 2.24) is 0 Å². The Kier molecular flexibility index (Phi) is 3.57. The molecule has 1 aromatic carbocycles. The lowest BCUT2D eigenvalue weighted by atomic mass is 10.3. The van der Waals surface area contributed by atoms with E-state index in [1.165, 1.54) is 23.9 Å². The molecule has 0 unspecified atom stereocenters. The van der Waals surface area contributed by atoms with Crippen molar-refractivity contribution in [2.45, 2.75) is 4.90 Å². The lowest BCUT2D eigenvalue weighted by Crippen LogP contribution is -2.12. The molecule has 0 bridgehead atoms. The molecule has 0 fully saturated rings. The van der Waals surface area contributed by atoms with Gasteiger partial charge in [-0.05, 0) is 18.2 Å². The summed E-state index contributed by atoms with van der Waals surface area (Å²) in [6.45, 7) is 0. The summed E-state index contributed by atoms with van der Waals surface area (Å²) in [5.74, 6) is -0.780. The van der Waals surface area contributed by atoms with Gasteiger partial charge in [0.05, 0.1) is 10.8 Å². The van der Waals surface area contributed by atoms with Crippen LogP contribution in [-0.4, -0.2) is 11.7 Å². The fourth-order valence-electron chi connectivity index (χ4n) is 0.721. The molecule has 0 spiro atoms. The number of benzene rings is 1. The van der Waals surface area contributed by atoms with E-state index in [1.54, 1.807) is 6.07 Å². The first-order valence-corrected chi connectivity index (χ1v) is 4.82. The van der Waals surface area contributed by atoms with E-state index in [0.717, 1.165) is 0 Å². The molecule has 1 amide bonds. The zero-order valence-corrected chi connectivity index (χ0v) is 8.16. The Hall–Kier alpha value is -0.740. The van der Waals surface area contributed by atoms with E-state index in [2.05, 4.69) is 0 Å². The minimum Gasteiger partial charge on any atom is -0.369 e. The average Bonchev–Trinajstić information content (AvgIpc) is 2.07. The number of primary amides is 1. The Labute approximate surface area is 84.3 Å². The van der Waals surface area contributed by atoms with Crippen LogP contribution >= 0.6 is 23.4 Å². The number of rotatable bonds is 3. The van der Waals surface area contributed by atoms with Crippen LogP contribution in [0.25, 0.3) is 0 Å². The maximum Gasteiger partial charge on any atom is 0.227 e. The molecule has 1 rings (SSSR count). The van der Waals surface area contributed by atoms with Gasteiger partial charge < -0.3 is 5.73 Å². The molecule has 0 radical (unpaired) electrons. The highest BCUT2D eigenvalue weighted by molar-refractivity contribution is 8.00. The van der Waals surface area contributed by atoms with Gasteiger partial charge in [0.25, 0.3) is 0 Å². The van der Waals surface area contributed by atoms with E-state index < -0.39 is 11.7 Å². The summed E-state index contributed by atoms with van der Waals surface area (Å²) in [4.78, 5) is 11.0. The normalized spacial score (nSPS) is 10.0. The number of amides is 1. The Morgan fingerprint density at radius 3 is 2.85 bits per heavy atom. The van der Waals surface area contributed by atoms with Crippen LogP contribution < -0.4 is 5.73 Å². The number of nitrogens with two attached hydrogens (primary N) is 1. The summed E-state index contributed by atoms with van der Waals surface area (Å²) in [5, 5.41) is 0.0726. The Bertz CT molecular complexity index is 332. The molecular formula is C8H7ClFNOS. The van der Waals surface area contributed by atoms with Crippen LogP contribution in [0.5, 0.6) is 0 Å². The van der Waals surface area contributed by atoms with Gasteiger partial charge in [0.15, 0.2) is 0 Å². The second-order valence-corrected chi connectivity index (χ2v) is 3.79. The molecule has 0 atom stereocenters. The highest BCUT2D eigenvalue weighted by Gasteiger charge is 2.02. The monoisotopic (exact) mass is 219 g/mol. The maximum atomic E-state index is 12.8. The van der Waals surface area contributed by atoms with Gasteiger partial charge in [0, 0.05) is 4.90 Å². The second kappa shape index (κ2) is 4.48. The van der Waals surface area contributed by atoms with E-state index in [4.69, 9.17) is 17.3 Å². The first-order valence-electron chi connectivity index (χ1n) is 3.46. The number of thioether (sulfide) groups is 1. The lowest BCUT2D eigenvalue weighted by molar-refractivity contribution is -0.115. The summed E-state index contributed by atoms with van der Waals surface area (Å²) in [6.07, 6.45) is 0. The zero-order valence-electron chi connectivity index (χ0n) is 6.59. The molecule has 2 nitrogen and oxygen atoms in total. The molecule has 0 saturated heterocycles. The number of carbonyl (C=O) groups is 1. The van der Waals surface area contributed by atoms with E-state index in [1.807, 2.05) is 0 Å². The average molecular weight is 220 g/mol. The van der Waals surface area contributed by atoms with Crippen molar-refractivity contribution >= 4 is 29.3 Å². The third-order valence-corrected chi connectivity index (χ3v) is 2.59. The molecule has 5 heteroatoms. The number of hydrogen-bond donors (Lipinski definition) is 1. The molecule has 0 aliphatic carbocycles. The second-order valence-electron chi connectivity index (χ2n) is 2.33. The molecular weight excluding hydrogens is 213 g/mol. The van der Waals surface area contributed by atoms with Crippen molar-refractivity contribution in [3.63, 3.8) is 0 Å². The topological polar surface area (TPSA) is 43.1 Å². The zero-order chi connectivity index (χ0) is 9.84. The van der Waals surface area contributed by atoms with Crippen molar-refractivity contribution in [1.29, 1.82) is 0 Å². The number of hydrogen-bond acceptors (Lipinski definition) is 2. The Balaban J connectivity index is 2.68. The van der Waals surface area contributed by atoms with Gasteiger partial charge in [-0.25, -0.2) is 4.39 Å². The maximum absolute atomic E-state index is 12.8. The predicted octanol–water partition coefficient (Wildman–Crippen LogP) is 2.06. The first kappa shape index (κ1) is 10.3. The molecule has 0 aliphatic rings. The predicted molar refractivity (Wildman–Crippen MR) is 51.3 cm³/mol. The van der Waals surface area contributed by atoms with Crippen molar-refractivity contribution < 1.29 is 9.18 Å². The van der Waals surface area contributed by atoms with Crippen molar-refractivity contribution in [3.05, 3.63) is 29.0 Å². The fraction of sp³-hybridized carbons (Fsp3) is 0.125. The van der Waals surface area contributed by atoms with Crippen LogP contribution in [0.2, 0.25) is 5.02 Å². The first-order chi connectivity index (χ1) is 6.09. The van der Waals surface area contributed by atoms with Crippen molar-refractivity contribution in [2.75, 3.05) is 5.75 Å². The molecule has 0 aromatic heterocycles. The van der Waals surface area contributed by atoms with Crippen LogP contribution in [0.4, 0.5) is 4.39 Å². The van der Waals surface area contributed by atoms with E-state index in [9.17, 15) is 9.18 Å². The largest absolute Gasteiger partial charge is 0.369 e. The third-order valence-electron chi connectivity index (χ3n) is 1.27. The van der Waals surface area contributed by atoms with Gasteiger partial charge in [0.1, 0.15) is 5.82 Å². The van der Waals surface area contributed by atoms with Crippen LogP contribution in [0.3, 0.4) is 0 Å². The fourth-order valence-corrected chi connectivity index (χ4v) is 1.50. The van der Waals surface area contributed by atoms with Gasteiger partial charge in [-0.2, -0.15) is 0 Å². The van der Waals surface area contributed by atoms with E-state index in [-0.39, 0.29) is 10.8 Å². The van der Waals surface area contributed by atoms with E-state index >= 15 is 0 Å². The van der Waals surface area contributed by atoms with Gasteiger partial charge in [0.2, 0.25) is 5.91 Å². The van der Waals surface area contributed by atoms with Crippen LogP contribution in [-0.2, 0) is 4.79 Å². The van der Waals surface area contributed by atoms with Gasteiger partial charge in [-0.1, -0.05) is 11.6 Å². The SMILES string of the molecule is NC(=O)CSc1ccc(Cl)c(F)c1. The van der Waals surface area contributed by atoms with Gasteiger partial charge >= 0.3 is 0 Å². The van der Waals surface area contributed by atoms with Crippen molar-refractivity contribution in [3.8, 4) is 0 Å². The molecule has 0 aliphatic heterocycles. The summed E-state index contributed by atoms with van der Waals surface area (Å²) >= 11 is 6.65. The highest BCUT2D eigenvalue weighted by Crippen LogP contribution is 2.22. The van der Waals surface area contributed by atoms with Crippen molar-refractivity contribution in [2.24, 2.45) is 5.73 Å². The summed E-state index contributed by atoms with van der Waals surface area (Å²) in [7, 11) is 0.